The number of ether oxygens (including phenoxy) is 1. The highest BCUT2D eigenvalue weighted by molar-refractivity contribution is 5.78. The summed E-state index contributed by atoms with van der Waals surface area (Å²) in [6.45, 7) is 10.6. The Hall–Kier alpha value is -1.12. The average Bonchev–Trinajstić information content (AvgIpc) is 2.40. The van der Waals surface area contributed by atoms with Crippen molar-refractivity contribution in [3.8, 4) is 6.07 Å². The van der Waals surface area contributed by atoms with Crippen molar-refractivity contribution in [1.29, 1.82) is 5.26 Å². The van der Waals surface area contributed by atoms with Gasteiger partial charge in [-0.2, -0.15) is 5.26 Å². The van der Waals surface area contributed by atoms with Gasteiger partial charge in [-0.25, -0.2) is 0 Å². The molecule has 1 fully saturated rings. The van der Waals surface area contributed by atoms with Gasteiger partial charge >= 0.3 is 0 Å². The van der Waals surface area contributed by atoms with Gasteiger partial charge in [-0.05, 0) is 26.3 Å². The van der Waals surface area contributed by atoms with Gasteiger partial charge in [-0.3, -0.25) is 9.69 Å². The van der Waals surface area contributed by atoms with E-state index in [2.05, 4.69) is 31.0 Å². The Morgan fingerprint density at radius 2 is 2.20 bits per heavy atom. The number of amides is 1. The lowest BCUT2D eigenvalue weighted by Gasteiger charge is -2.55. The van der Waals surface area contributed by atoms with E-state index >= 15 is 0 Å². The van der Waals surface area contributed by atoms with Crippen molar-refractivity contribution >= 4 is 5.91 Å². The highest BCUT2D eigenvalue weighted by Gasteiger charge is 2.51. The molecule has 1 saturated carbocycles. The van der Waals surface area contributed by atoms with Crippen LogP contribution in [0.2, 0.25) is 0 Å². The Balaban J connectivity index is 2.59. The number of hydrogen-bond donors (Lipinski definition) is 1. The van der Waals surface area contributed by atoms with Crippen LogP contribution in [0.3, 0.4) is 0 Å². The quantitative estimate of drug-likeness (QED) is 0.685. The highest BCUT2D eigenvalue weighted by Crippen LogP contribution is 2.45. The van der Waals surface area contributed by atoms with Gasteiger partial charge in [0.1, 0.15) is 6.54 Å². The molecule has 2 atom stereocenters. The van der Waals surface area contributed by atoms with Crippen LogP contribution in [-0.2, 0) is 9.53 Å². The molecule has 20 heavy (non-hydrogen) atoms. The monoisotopic (exact) mass is 281 g/mol. The second-order valence-electron chi connectivity index (χ2n) is 5.92. The third-order valence-electron chi connectivity index (χ3n) is 4.16. The molecule has 5 heteroatoms. The largest absolute Gasteiger partial charge is 0.378 e. The number of rotatable bonds is 8. The maximum atomic E-state index is 11.8. The van der Waals surface area contributed by atoms with Crippen molar-refractivity contribution in [2.75, 3.05) is 26.2 Å². The van der Waals surface area contributed by atoms with Gasteiger partial charge in [0.2, 0.25) is 5.91 Å². The van der Waals surface area contributed by atoms with Gasteiger partial charge in [0.05, 0.1) is 18.7 Å². The predicted molar refractivity (Wildman–Crippen MR) is 78.1 cm³/mol. The van der Waals surface area contributed by atoms with Crippen LogP contribution >= 0.6 is 0 Å². The van der Waals surface area contributed by atoms with E-state index in [4.69, 9.17) is 10.00 Å². The van der Waals surface area contributed by atoms with E-state index in [1.54, 1.807) is 0 Å². The summed E-state index contributed by atoms with van der Waals surface area (Å²) in [5, 5.41) is 11.1. The first-order valence-corrected chi connectivity index (χ1v) is 7.46. The number of nitrogens with one attached hydrogen (secondary N) is 1. The molecule has 0 radical (unpaired) electrons. The van der Waals surface area contributed by atoms with E-state index in [0.29, 0.717) is 12.6 Å². The summed E-state index contributed by atoms with van der Waals surface area (Å²) in [6.07, 6.45) is 2.27. The summed E-state index contributed by atoms with van der Waals surface area (Å²) in [7, 11) is 0. The molecule has 5 nitrogen and oxygen atoms in total. The minimum Gasteiger partial charge on any atom is -0.378 e. The SMILES string of the molecule is CCCN(CC(=O)NCC#N)[C@@H]1C[C@H](OCC)C1(C)C. The summed E-state index contributed by atoms with van der Waals surface area (Å²) < 4.78 is 5.75. The zero-order valence-corrected chi connectivity index (χ0v) is 13.1. The van der Waals surface area contributed by atoms with Crippen molar-refractivity contribution in [2.24, 2.45) is 5.41 Å². The Labute approximate surface area is 122 Å². The second-order valence-corrected chi connectivity index (χ2v) is 5.92. The lowest BCUT2D eigenvalue weighted by Crippen LogP contribution is -2.63. The fourth-order valence-electron chi connectivity index (χ4n) is 2.98. The molecule has 114 valence electrons. The van der Waals surface area contributed by atoms with Crippen LogP contribution in [0.15, 0.2) is 0 Å². The number of carbonyl (C=O) groups excluding carboxylic acids is 1. The van der Waals surface area contributed by atoms with Crippen molar-refractivity contribution in [3.05, 3.63) is 0 Å². The normalized spacial score (nSPS) is 24.0. The Morgan fingerprint density at radius 3 is 2.70 bits per heavy atom. The lowest BCUT2D eigenvalue weighted by molar-refractivity contribution is -0.154. The van der Waals surface area contributed by atoms with Crippen molar-refractivity contribution in [1.82, 2.24) is 10.2 Å². The third-order valence-corrected chi connectivity index (χ3v) is 4.16. The van der Waals surface area contributed by atoms with E-state index in [9.17, 15) is 4.79 Å². The van der Waals surface area contributed by atoms with Gasteiger partial charge in [0.15, 0.2) is 0 Å². The summed E-state index contributed by atoms with van der Waals surface area (Å²) in [6, 6.07) is 2.30. The minimum atomic E-state index is -0.0735. The molecule has 0 aliphatic heterocycles. The fraction of sp³-hybridized carbons (Fsp3) is 0.867. The number of nitriles is 1. The van der Waals surface area contributed by atoms with E-state index in [1.165, 1.54) is 0 Å². The molecule has 1 aliphatic carbocycles. The number of carbonyl (C=O) groups is 1. The Kier molecular flexibility index (Phi) is 6.44. The Morgan fingerprint density at radius 1 is 1.50 bits per heavy atom. The molecular weight excluding hydrogens is 254 g/mol. The van der Waals surface area contributed by atoms with E-state index in [-0.39, 0.29) is 24.0 Å². The molecule has 0 unspecified atom stereocenters. The van der Waals surface area contributed by atoms with Crippen LogP contribution in [0.1, 0.15) is 40.5 Å². The summed E-state index contributed by atoms with van der Waals surface area (Å²) >= 11 is 0. The smallest absolute Gasteiger partial charge is 0.235 e. The standard InChI is InChI=1S/C15H27N3O2/c1-5-9-18(11-14(19)17-8-7-16)12-10-13(20-6-2)15(12,3)4/h12-13H,5-6,8-11H2,1-4H3,(H,17,19)/t12-,13+/m1/s1. The number of nitrogens with zero attached hydrogens (tertiary/aromatic N) is 2. The molecule has 0 saturated heterocycles. The minimum absolute atomic E-state index is 0.0701. The molecule has 1 N–H and O–H groups in total. The predicted octanol–water partition coefficient (Wildman–Crippen LogP) is 1.54. The first-order chi connectivity index (χ1) is 9.47. The molecule has 0 heterocycles. The zero-order chi connectivity index (χ0) is 15.2. The first kappa shape index (κ1) is 16.9. The highest BCUT2D eigenvalue weighted by atomic mass is 16.5. The van der Waals surface area contributed by atoms with Crippen LogP contribution in [0, 0.1) is 16.7 Å². The maximum Gasteiger partial charge on any atom is 0.235 e. The van der Waals surface area contributed by atoms with Crippen LogP contribution < -0.4 is 5.32 Å². The average molecular weight is 281 g/mol. The van der Waals surface area contributed by atoms with E-state index < -0.39 is 0 Å². The van der Waals surface area contributed by atoms with Gasteiger partial charge in [0.25, 0.3) is 0 Å². The van der Waals surface area contributed by atoms with Crippen LogP contribution in [0.5, 0.6) is 0 Å². The van der Waals surface area contributed by atoms with Crippen LogP contribution in [0.25, 0.3) is 0 Å². The van der Waals surface area contributed by atoms with E-state index in [1.807, 2.05) is 13.0 Å². The molecule has 1 amide bonds. The maximum absolute atomic E-state index is 11.8. The lowest BCUT2D eigenvalue weighted by atomic mass is 9.63. The molecule has 1 aliphatic rings. The van der Waals surface area contributed by atoms with Crippen LogP contribution in [-0.4, -0.2) is 49.2 Å². The number of hydrogen-bond acceptors (Lipinski definition) is 4. The fourth-order valence-corrected chi connectivity index (χ4v) is 2.98. The van der Waals surface area contributed by atoms with Crippen molar-refractivity contribution in [2.45, 2.75) is 52.7 Å². The molecule has 0 spiro atoms. The van der Waals surface area contributed by atoms with Gasteiger partial charge in [0, 0.05) is 18.1 Å². The van der Waals surface area contributed by atoms with Gasteiger partial charge in [-0.15, -0.1) is 0 Å². The molecule has 0 aromatic carbocycles. The summed E-state index contributed by atoms with van der Waals surface area (Å²) in [4.78, 5) is 14.0. The summed E-state index contributed by atoms with van der Waals surface area (Å²) in [5.41, 5.74) is 0.0701. The molecule has 1 rings (SSSR count). The van der Waals surface area contributed by atoms with Crippen molar-refractivity contribution in [3.63, 3.8) is 0 Å². The topological polar surface area (TPSA) is 65.4 Å². The van der Waals surface area contributed by atoms with Gasteiger partial charge in [-0.1, -0.05) is 20.8 Å². The Bertz CT molecular complexity index is 363. The first-order valence-electron chi connectivity index (χ1n) is 7.46. The van der Waals surface area contributed by atoms with Crippen molar-refractivity contribution < 1.29 is 9.53 Å². The summed E-state index contributed by atoms with van der Waals surface area (Å²) in [5.74, 6) is -0.0735. The zero-order valence-electron chi connectivity index (χ0n) is 13.1. The second kappa shape index (κ2) is 7.61. The molecule has 0 aromatic heterocycles. The molecular formula is C15H27N3O2. The molecule has 0 bridgehead atoms. The van der Waals surface area contributed by atoms with Crippen LogP contribution in [0.4, 0.5) is 0 Å². The van der Waals surface area contributed by atoms with Gasteiger partial charge < -0.3 is 10.1 Å². The third kappa shape index (κ3) is 3.94. The van der Waals surface area contributed by atoms with E-state index in [0.717, 1.165) is 26.0 Å². The molecule has 0 aromatic rings.